The van der Waals surface area contributed by atoms with Gasteiger partial charge in [0.1, 0.15) is 11.6 Å². The van der Waals surface area contributed by atoms with Crippen LogP contribution in [0.15, 0.2) is 48.8 Å². The maximum Gasteiger partial charge on any atom is 0.416 e. The molecule has 0 radical (unpaired) electrons. The standard InChI is InChI=1S/C34H30F3N7O6/c1-33(2,32(50)40-25-9-6-20(34(35,36)37)12-24(25)28(46)38-3)43-17-18(14-39-43)4-5-19-15-42(16-19)21-7-8-22-23(13-21)31(49)44(30(22)48)26-10-11-27(45)41-29(26)47/h6-9,12-14,17,19,26H,10-11,15-16H2,1-3H3,(H,38,46)(H,40,50)(H,41,45,47). The van der Waals surface area contributed by atoms with E-state index in [1.807, 2.05) is 4.90 Å². The number of anilines is 2. The van der Waals surface area contributed by atoms with E-state index in [1.165, 1.54) is 17.9 Å². The SMILES string of the molecule is CNC(=O)c1cc(C(F)(F)F)ccc1NC(=O)C(C)(C)n1cc(C#CC2CN(c3ccc4c(c3)C(=O)N(C3CCC(=O)NC3=O)C4=O)C2)cn1. The van der Waals surface area contributed by atoms with Crippen LogP contribution in [0.5, 0.6) is 0 Å². The highest BCUT2D eigenvalue weighted by atomic mass is 19.4. The third-order valence-electron chi connectivity index (χ3n) is 8.87. The van der Waals surface area contributed by atoms with Crippen LogP contribution in [-0.4, -0.2) is 76.3 Å². The van der Waals surface area contributed by atoms with Crippen LogP contribution in [0.25, 0.3) is 0 Å². The summed E-state index contributed by atoms with van der Waals surface area (Å²) in [6.45, 7) is 4.18. The van der Waals surface area contributed by atoms with Crippen LogP contribution in [0.2, 0.25) is 0 Å². The molecule has 3 aliphatic rings. The van der Waals surface area contributed by atoms with Gasteiger partial charge in [-0.15, -0.1) is 0 Å². The minimum atomic E-state index is -4.68. The van der Waals surface area contributed by atoms with Crippen LogP contribution in [-0.2, 0) is 26.1 Å². The molecule has 1 aromatic heterocycles. The molecular formula is C34H30F3N7O6. The molecule has 6 amide bonds. The number of benzene rings is 2. The number of nitrogens with one attached hydrogen (secondary N) is 3. The quantitative estimate of drug-likeness (QED) is 0.263. The van der Waals surface area contributed by atoms with E-state index < -0.39 is 58.8 Å². The van der Waals surface area contributed by atoms with Crippen molar-refractivity contribution in [1.29, 1.82) is 0 Å². The largest absolute Gasteiger partial charge is 0.416 e. The second kappa shape index (κ2) is 12.5. The predicted octanol–water partition coefficient (Wildman–Crippen LogP) is 2.52. The van der Waals surface area contributed by atoms with Gasteiger partial charge in [0, 0.05) is 38.4 Å². The maximum absolute atomic E-state index is 13.3. The number of carbonyl (C=O) groups is 6. The van der Waals surface area contributed by atoms with Gasteiger partial charge < -0.3 is 15.5 Å². The number of halogens is 3. The zero-order chi connectivity index (χ0) is 36.1. The van der Waals surface area contributed by atoms with E-state index in [9.17, 15) is 41.9 Å². The first kappa shape index (κ1) is 33.9. The molecule has 0 bridgehead atoms. The Labute approximate surface area is 283 Å². The van der Waals surface area contributed by atoms with Gasteiger partial charge >= 0.3 is 6.18 Å². The van der Waals surface area contributed by atoms with Crippen LogP contribution in [0.4, 0.5) is 24.5 Å². The molecule has 13 nitrogen and oxygen atoms in total. The Kier molecular flexibility index (Phi) is 8.46. The molecule has 3 aliphatic heterocycles. The number of hydrogen-bond acceptors (Lipinski definition) is 8. The fraction of sp³-hybridized carbons (Fsp3) is 0.324. The Morgan fingerprint density at radius 2 is 1.72 bits per heavy atom. The van der Waals surface area contributed by atoms with Crippen molar-refractivity contribution < 1.29 is 41.9 Å². The van der Waals surface area contributed by atoms with E-state index in [1.54, 1.807) is 38.2 Å². The summed E-state index contributed by atoms with van der Waals surface area (Å²) >= 11 is 0. The molecule has 2 saturated heterocycles. The van der Waals surface area contributed by atoms with E-state index in [2.05, 4.69) is 32.9 Å². The van der Waals surface area contributed by atoms with Crippen LogP contribution in [0, 0.1) is 17.8 Å². The summed E-state index contributed by atoms with van der Waals surface area (Å²) < 4.78 is 41.1. The molecule has 0 aliphatic carbocycles. The van der Waals surface area contributed by atoms with E-state index >= 15 is 0 Å². The fourth-order valence-corrected chi connectivity index (χ4v) is 5.85. The number of aromatic nitrogens is 2. The summed E-state index contributed by atoms with van der Waals surface area (Å²) in [5.74, 6) is 2.44. The fourth-order valence-electron chi connectivity index (χ4n) is 5.85. The molecule has 0 saturated carbocycles. The lowest BCUT2D eigenvalue weighted by atomic mass is 9.98. The molecule has 6 rings (SSSR count). The highest BCUT2D eigenvalue weighted by Crippen LogP contribution is 2.34. The summed E-state index contributed by atoms with van der Waals surface area (Å²) in [7, 11) is 1.27. The van der Waals surface area contributed by atoms with Gasteiger partial charge in [0.15, 0.2) is 0 Å². The maximum atomic E-state index is 13.3. The Morgan fingerprint density at radius 1 is 1.00 bits per heavy atom. The van der Waals surface area contributed by atoms with E-state index in [-0.39, 0.29) is 41.1 Å². The first-order valence-corrected chi connectivity index (χ1v) is 15.5. The zero-order valence-electron chi connectivity index (χ0n) is 27.0. The van der Waals surface area contributed by atoms with Gasteiger partial charge in [0.25, 0.3) is 23.6 Å². The third kappa shape index (κ3) is 6.17. The van der Waals surface area contributed by atoms with Crippen molar-refractivity contribution >= 4 is 46.8 Å². The lowest BCUT2D eigenvalue weighted by Gasteiger charge is -2.38. The molecule has 258 valence electrons. The molecule has 2 fully saturated rings. The summed E-state index contributed by atoms with van der Waals surface area (Å²) in [6.07, 6.45) is -1.54. The highest BCUT2D eigenvalue weighted by molar-refractivity contribution is 6.23. The molecule has 0 spiro atoms. The summed E-state index contributed by atoms with van der Waals surface area (Å²) in [5.41, 5.74) is -1.19. The number of fused-ring (bicyclic) bond motifs is 1. The van der Waals surface area contributed by atoms with Crippen molar-refractivity contribution in [2.24, 2.45) is 5.92 Å². The van der Waals surface area contributed by atoms with Gasteiger partial charge in [-0.25, -0.2) is 0 Å². The normalized spacial score (nSPS) is 17.8. The van der Waals surface area contributed by atoms with E-state index in [4.69, 9.17) is 0 Å². The second-order valence-corrected chi connectivity index (χ2v) is 12.6. The molecule has 1 unspecified atom stereocenters. The molecular weight excluding hydrogens is 659 g/mol. The monoisotopic (exact) mass is 689 g/mol. The number of amides is 6. The molecule has 3 N–H and O–H groups in total. The molecule has 16 heteroatoms. The van der Waals surface area contributed by atoms with Crippen LogP contribution >= 0.6 is 0 Å². The summed E-state index contributed by atoms with van der Waals surface area (Å²) in [5, 5.41) is 11.3. The zero-order valence-corrected chi connectivity index (χ0v) is 27.0. The number of nitrogens with zero attached hydrogens (tertiary/aromatic N) is 4. The first-order valence-electron chi connectivity index (χ1n) is 15.5. The van der Waals surface area contributed by atoms with Crippen molar-refractivity contribution in [2.75, 3.05) is 30.4 Å². The molecule has 4 heterocycles. The minimum Gasteiger partial charge on any atom is -0.369 e. The van der Waals surface area contributed by atoms with Crippen LogP contribution < -0.4 is 20.9 Å². The van der Waals surface area contributed by atoms with Crippen LogP contribution in [0.3, 0.4) is 0 Å². The van der Waals surface area contributed by atoms with Gasteiger partial charge in [-0.3, -0.25) is 43.7 Å². The second-order valence-electron chi connectivity index (χ2n) is 12.6. The van der Waals surface area contributed by atoms with Gasteiger partial charge in [-0.05, 0) is 56.7 Å². The smallest absolute Gasteiger partial charge is 0.369 e. The lowest BCUT2D eigenvalue weighted by Crippen LogP contribution is -2.54. The Morgan fingerprint density at radius 3 is 2.40 bits per heavy atom. The number of imide groups is 2. The van der Waals surface area contributed by atoms with Gasteiger partial charge in [-0.2, -0.15) is 18.3 Å². The number of piperidine rings is 1. The molecule has 50 heavy (non-hydrogen) atoms. The highest BCUT2D eigenvalue weighted by Gasteiger charge is 2.45. The third-order valence-corrected chi connectivity index (χ3v) is 8.87. The average Bonchev–Trinajstić information content (AvgIpc) is 3.62. The van der Waals surface area contributed by atoms with Crippen molar-refractivity contribution in [3.05, 3.63) is 76.6 Å². The van der Waals surface area contributed by atoms with Crippen molar-refractivity contribution in [1.82, 2.24) is 25.3 Å². The summed E-state index contributed by atoms with van der Waals surface area (Å²) in [4.78, 5) is 78.5. The number of carbonyl (C=O) groups excluding carboxylic acids is 6. The Hall–Kier alpha value is -5.98. The Bertz CT molecular complexity index is 2040. The number of alkyl halides is 3. The summed E-state index contributed by atoms with van der Waals surface area (Å²) in [6, 6.07) is 6.33. The van der Waals surface area contributed by atoms with E-state index in [0.717, 1.165) is 17.0 Å². The van der Waals surface area contributed by atoms with E-state index in [0.29, 0.717) is 30.4 Å². The van der Waals surface area contributed by atoms with Crippen molar-refractivity contribution in [3.8, 4) is 11.8 Å². The van der Waals surface area contributed by atoms with Gasteiger partial charge in [0.05, 0.1) is 45.6 Å². The van der Waals surface area contributed by atoms with Crippen LogP contribution in [0.1, 0.15) is 68.9 Å². The average molecular weight is 690 g/mol. The molecule has 3 aromatic rings. The predicted molar refractivity (Wildman–Crippen MR) is 171 cm³/mol. The molecule has 1 atom stereocenters. The van der Waals surface area contributed by atoms with Gasteiger partial charge in [0.2, 0.25) is 11.8 Å². The first-order chi connectivity index (χ1) is 23.6. The van der Waals surface area contributed by atoms with Gasteiger partial charge in [-0.1, -0.05) is 11.8 Å². The Balaban J connectivity index is 1.09. The van der Waals surface area contributed by atoms with Crippen molar-refractivity contribution in [3.63, 3.8) is 0 Å². The molecule has 2 aromatic carbocycles. The number of hydrogen-bond donors (Lipinski definition) is 3. The lowest BCUT2D eigenvalue weighted by molar-refractivity contribution is -0.138. The minimum absolute atomic E-state index is 0.0339. The number of rotatable bonds is 6. The topological polar surface area (TPSA) is 163 Å². The van der Waals surface area contributed by atoms with Crippen molar-refractivity contribution in [2.45, 2.75) is 44.4 Å².